The van der Waals surface area contributed by atoms with Gasteiger partial charge in [0.05, 0.1) is 54.7 Å². The Morgan fingerprint density at radius 1 is 1.02 bits per heavy atom. The Labute approximate surface area is 383 Å². The summed E-state index contributed by atoms with van der Waals surface area (Å²) in [7, 11) is 0. The number of ether oxygens (including phenoxy) is 1. The third-order valence-electron chi connectivity index (χ3n) is 12.4. The number of carbonyl (C=O) groups excluding carboxylic acids is 7. The average molecular weight is 927 g/mol. The molecule has 6 amide bonds. The number of rotatable bonds is 18. The number of aliphatic hydroxyl groups is 1. The predicted octanol–water partition coefficient (Wildman–Crippen LogP) is 1.00. The molecule has 3 atom stereocenters. The van der Waals surface area contributed by atoms with Crippen molar-refractivity contribution < 1.29 is 47.8 Å². The minimum Gasteiger partial charge on any atom is -0.458 e. The molecule has 348 valence electrons. The van der Waals surface area contributed by atoms with Crippen LogP contribution in [0.15, 0.2) is 47.3 Å². The van der Waals surface area contributed by atoms with E-state index in [1.165, 1.54) is 15.5 Å². The average Bonchev–Trinajstić information content (AvgIpc) is 3.66. The predicted molar refractivity (Wildman–Crippen MR) is 240 cm³/mol. The first kappa shape index (κ1) is 47.3. The molecule has 0 saturated carbocycles. The number of aryl methyl sites for hydroxylation is 1. The highest BCUT2D eigenvalue weighted by Gasteiger charge is 2.46. The van der Waals surface area contributed by atoms with E-state index in [0.29, 0.717) is 63.1 Å². The fraction of sp³-hybridized carbons (Fsp3) is 0.413. The van der Waals surface area contributed by atoms with Crippen molar-refractivity contribution in [3.63, 3.8) is 0 Å². The SMILES string of the molecule is CC[C@@]1(O)C(=O)OCc2c1cc1n(c2=O)Cc2c-1nc1cc(F)c(C)c3c1c2[C@@H](NC(=O)CCCN(CC(N)=O)C(=O)[C@H](Cc1ccccc1)NC(=O)CNC(=O)CNC(=O)CCS)CC3. The Morgan fingerprint density at radius 2 is 1.74 bits per heavy atom. The van der Waals surface area contributed by atoms with Gasteiger partial charge in [0.25, 0.3) is 5.56 Å². The number of thiol groups is 1. The van der Waals surface area contributed by atoms with E-state index in [1.54, 1.807) is 50.2 Å². The molecule has 0 spiro atoms. The Kier molecular flexibility index (Phi) is 14.2. The maximum absolute atomic E-state index is 15.4. The van der Waals surface area contributed by atoms with Crippen LogP contribution in [0.2, 0.25) is 0 Å². The number of amides is 6. The molecule has 7 rings (SSSR count). The number of nitrogens with one attached hydrogen (secondary N) is 4. The third-order valence-corrected chi connectivity index (χ3v) is 12.6. The van der Waals surface area contributed by atoms with Crippen molar-refractivity contribution in [2.24, 2.45) is 5.73 Å². The van der Waals surface area contributed by atoms with Gasteiger partial charge in [-0.25, -0.2) is 14.2 Å². The van der Waals surface area contributed by atoms with Gasteiger partial charge in [-0.05, 0) is 66.7 Å². The van der Waals surface area contributed by atoms with Gasteiger partial charge in [-0.2, -0.15) is 12.6 Å². The van der Waals surface area contributed by atoms with Crippen LogP contribution in [0.1, 0.15) is 84.0 Å². The first-order chi connectivity index (χ1) is 31.5. The van der Waals surface area contributed by atoms with Crippen LogP contribution in [0.5, 0.6) is 0 Å². The topological polar surface area (TPSA) is 261 Å². The number of hydrogen-bond acceptors (Lipinski definition) is 12. The highest BCUT2D eigenvalue weighted by Crippen LogP contribution is 2.46. The molecule has 2 aromatic carbocycles. The fourth-order valence-corrected chi connectivity index (χ4v) is 9.18. The first-order valence-electron chi connectivity index (χ1n) is 21.7. The van der Waals surface area contributed by atoms with Crippen LogP contribution in [0, 0.1) is 12.7 Å². The van der Waals surface area contributed by atoms with Gasteiger partial charge in [-0.15, -0.1) is 0 Å². The second-order valence-electron chi connectivity index (χ2n) is 16.6. The number of cyclic esters (lactones) is 1. The molecule has 20 heteroatoms. The normalized spacial score (nSPS) is 17.1. The Hall–Kier alpha value is -6.67. The number of halogens is 1. The number of pyridine rings is 2. The molecule has 0 bridgehead atoms. The molecule has 0 fully saturated rings. The molecule has 2 aliphatic heterocycles. The Balaban J connectivity index is 1.09. The number of benzene rings is 2. The smallest absolute Gasteiger partial charge is 0.343 e. The standard InChI is InChI=1S/C46H51FN8O10S/c1-3-46(64)29-17-34-42-27(21-55(34)43(61)28(29)23-65-45(46)63)41-31(12-11-26-24(2)30(47)18-32(53-42)40(26)41)51-37(58)10-7-14-54(22-35(48)56)44(62)33(16-25-8-5-4-6-9-25)52-39(60)20-50-38(59)19-49-36(57)13-15-66/h4-6,8-9,17-18,31,33,64,66H,3,7,10-16,19-23H2,1-2H3,(H2,48,56)(H,49,57)(H,50,59)(H,51,58)(H,52,60)/t31-,33-,46-/m0/s1. The highest BCUT2D eigenvalue weighted by atomic mass is 32.1. The van der Waals surface area contributed by atoms with Gasteiger partial charge in [-0.1, -0.05) is 37.3 Å². The van der Waals surface area contributed by atoms with Gasteiger partial charge in [-0.3, -0.25) is 33.6 Å². The van der Waals surface area contributed by atoms with Crippen LogP contribution < -0.4 is 32.6 Å². The lowest BCUT2D eigenvalue weighted by atomic mass is 9.81. The molecule has 2 aromatic heterocycles. The summed E-state index contributed by atoms with van der Waals surface area (Å²) < 4.78 is 22.1. The second kappa shape index (κ2) is 19.8. The van der Waals surface area contributed by atoms with Crippen LogP contribution in [-0.4, -0.2) is 98.9 Å². The summed E-state index contributed by atoms with van der Waals surface area (Å²) in [6.07, 6.45) is 0.856. The lowest BCUT2D eigenvalue weighted by Gasteiger charge is -2.31. The van der Waals surface area contributed by atoms with E-state index in [-0.39, 0.29) is 75.4 Å². The van der Waals surface area contributed by atoms with Crippen LogP contribution in [0.25, 0.3) is 22.3 Å². The van der Waals surface area contributed by atoms with Crippen molar-refractivity contribution in [2.45, 2.75) is 89.6 Å². The summed E-state index contributed by atoms with van der Waals surface area (Å²) in [5.74, 6) is -4.63. The van der Waals surface area contributed by atoms with E-state index in [0.717, 1.165) is 5.56 Å². The maximum Gasteiger partial charge on any atom is 0.343 e. The van der Waals surface area contributed by atoms with Gasteiger partial charge in [0.1, 0.15) is 18.5 Å². The van der Waals surface area contributed by atoms with Gasteiger partial charge < -0.3 is 46.3 Å². The van der Waals surface area contributed by atoms with E-state index >= 15 is 4.39 Å². The fourth-order valence-electron chi connectivity index (χ4n) is 8.98. The number of fused-ring (bicyclic) bond motifs is 5. The van der Waals surface area contributed by atoms with E-state index in [4.69, 9.17) is 15.5 Å². The molecule has 4 heterocycles. The van der Waals surface area contributed by atoms with Crippen molar-refractivity contribution in [3.8, 4) is 11.4 Å². The lowest BCUT2D eigenvalue weighted by Crippen LogP contribution is -2.53. The highest BCUT2D eigenvalue weighted by molar-refractivity contribution is 7.80. The summed E-state index contributed by atoms with van der Waals surface area (Å²) in [6, 6.07) is 9.90. The molecule has 1 aliphatic carbocycles. The largest absolute Gasteiger partial charge is 0.458 e. The minimum absolute atomic E-state index is 0.0239. The molecule has 0 saturated heterocycles. The van der Waals surface area contributed by atoms with E-state index in [2.05, 4.69) is 33.9 Å². The second-order valence-corrected chi connectivity index (χ2v) is 17.1. The molecule has 0 unspecified atom stereocenters. The summed E-state index contributed by atoms with van der Waals surface area (Å²) in [5.41, 5.74) is 7.51. The molecule has 0 radical (unpaired) electrons. The van der Waals surface area contributed by atoms with Gasteiger partial charge in [0.15, 0.2) is 5.60 Å². The van der Waals surface area contributed by atoms with E-state index in [9.17, 15) is 43.5 Å². The van der Waals surface area contributed by atoms with Crippen LogP contribution >= 0.6 is 12.6 Å². The first-order valence-corrected chi connectivity index (χ1v) is 22.3. The number of primary amides is 1. The van der Waals surface area contributed by atoms with Crippen molar-refractivity contribution in [1.82, 2.24) is 35.7 Å². The number of nitrogens with zero attached hydrogens (tertiary/aromatic N) is 3. The monoisotopic (exact) mass is 926 g/mol. The van der Waals surface area contributed by atoms with Crippen molar-refractivity contribution in [3.05, 3.63) is 97.6 Å². The number of aromatic nitrogens is 2. The van der Waals surface area contributed by atoms with Crippen LogP contribution in [0.3, 0.4) is 0 Å². The van der Waals surface area contributed by atoms with Gasteiger partial charge in [0, 0.05) is 48.4 Å². The maximum atomic E-state index is 15.4. The lowest BCUT2D eigenvalue weighted by molar-refractivity contribution is -0.172. The molecule has 3 aliphatic rings. The Morgan fingerprint density at radius 3 is 2.45 bits per heavy atom. The number of carbonyl (C=O) groups is 7. The molecular weight excluding hydrogens is 876 g/mol. The molecule has 66 heavy (non-hydrogen) atoms. The molecular formula is C46H51FN8O10S. The van der Waals surface area contributed by atoms with Crippen molar-refractivity contribution in [1.29, 1.82) is 0 Å². The van der Waals surface area contributed by atoms with E-state index < -0.39 is 77.7 Å². The molecule has 18 nitrogen and oxygen atoms in total. The van der Waals surface area contributed by atoms with Gasteiger partial charge in [0.2, 0.25) is 35.4 Å². The number of hydrogen-bond donors (Lipinski definition) is 7. The number of nitrogens with two attached hydrogens (primary N) is 1. The zero-order valence-corrected chi connectivity index (χ0v) is 37.4. The summed E-state index contributed by atoms with van der Waals surface area (Å²) >= 11 is 3.98. The zero-order valence-electron chi connectivity index (χ0n) is 36.5. The van der Waals surface area contributed by atoms with Crippen LogP contribution in [0.4, 0.5) is 4.39 Å². The van der Waals surface area contributed by atoms with E-state index in [1.807, 2.05) is 0 Å². The molecule has 4 aromatic rings. The quantitative estimate of drug-likeness (QED) is 0.0482. The minimum atomic E-state index is -2.05. The Bertz CT molecular complexity index is 2710. The molecule has 7 N–H and O–H groups in total. The van der Waals surface area contributed by atoms with Crippen molar-refractivity contribution >= 4 is 64.9 Å². The van der Waals surface area contributed by atoms with Gasteiger partial charge >= 0.3 is 5.97 Å². The zero-order chi connectivity index (χ0) is 47.4. The van der Waals surface area contributed by atoms with Crippen molar-refractivity contribution in [2.75, 3.05) is 31.9 Å². The summed E-state index contributed by atoms with van der Waals surface area (Å²) in [6.45, 7) is 1.54. The summed E-state index contributed by atoms with van der Waals surface area (Å²) in [5, 5.41) is 22.6. The van der Waals surface area contributed by atoms with Crippen LogP contribution in [-0.2, 0) is 69.9 Å². The third kappa shape index (κ3) is 9.65. The summed E-state index contributed by atoms with van der Waals surface area (Å²) in [4.78, 5) is 110. The number of esters is 1.